The van der Waals surface area contributed by atoms with Gasteiger partial charge in [-0.05, 0) is 18.2 Å². The fourth-order valence-corrected chi connectivity index (χ4v) is 2.70. The molecule has 0 bridgehead atoms. The van der Waals surface area contributed by atoms with Crippen LogP contribution in [0.4, 0.5) is 5.69 Å². The number of anilines is 1. The van der Waals surface area contributed by atoms with Gasteiger partial charge in [0, 0.05) is 47.3 Å². The number of benzene rings is 1. The van der Waals surface area contributed by atoms with E-state index >= 15 is 0 Å². The lowest BCUT2D eigenvalue weighted by Crippen LogP contribution is -2.25. The standard InChI is InChI=1S/C14H14N4OS/c15-9-1-2-12-10(7-9)11(8-18-12)14(19)17-4-3-13-16-5-6-20-13/h1-2,5-8,18H,3-4,15H2,(H,17,19). The number of thiazole rings is 1. The summed E-state index contributed by atoms with van der Waals surface area (Å²) in [6.45, 7) is 0.571. The summed E-state index contributed by atoms with van der Waals surface area (Å²) in [5, 5.41) is 6.70. The highest BCUT2D eigenvalue weighted by molar-refractivity contribution is 7.09. The Hall–Kier alpha value is -2.34. The summed E-state index contributed by atoms with van der Waals surface area (Å²) in [7, 11) is 0. The van der Waals surface area contributed by atoms with Crippen molar-refractivity contribution >= 4 is 33.8 Å². The largest absolute Gasteiger partial charge is 0.399 e. The van der Waals surface area contributed by atoms with Gasteiger partial charge in [-0.3, -0.25) is 4.79 Å². The molecule has 0 spiro atoms. The van der Waals surface area contributed by atoms with E-state index in [4.69, 9.17) is 5.73 Å². The minimum Gasteiger partial charge on any atom is -0.399 e. The highest BCUT2D eigenvalue weighted by Gasteiger charge is 2.11. The van der Waals surface area contributed by atoms with Gasteiger partial charge in [0.15, 0.2) is 0 Å². The van der Waals surface area contributed by atoms with Crippen molar-refractivity contribution in [2.24, 2.45) is 0 Å². The Morgan fingerprint density at radius 2 is 2.35 bits per heavy atom. The minimum absolute atomic E-state index is 0.0987. The zero-order valence-corrected chi connectivity index (χ0v) is 11.5. The molecular weight excluding hydrogens is 272 g/mol. The summed E-state index contributed by atoms with van der Waals surface area (Å²) in [5.41, 5.74) is 7.93. The molecule has 20 heavy (non-hydrogen) atoms. The van der Waals surface area contributed by atoms with Gasteiger partial charge in [-0.2, -0.15) is 0 Å². The van der Waals surface area contributed by atoms with E-state index in [0.717, 1.165) is 22.3 Å². The molecule has 2 aromatic heterocycles. The van der Waals surface area contributed by atoms with Crippen LogP contribution in [0.15, 0.2) is 36.0 Å². The molecule has 1 aromatic carbocycles. The van der Waals surface area contributed by atoms with E-state index in [1.54, 1.807) is 23.7 Å². The predicted octanol–water partition coefficient (Wildman–Crippen LogP) is 2.18. The van der Waals surface area contributed by atoms with Gasteiger partial charge in [0.25, 0.3) is 5.91 Å². The number of nitrogens with one attached hydrogen (secondary N) is 2. The lowest BCUT2D eigenvalue weighted by molar-refractivity contribution is 0.0956. The number of aromatic amines is 1. The summed E-state index contributed by atoms with van der Waals surface area (Å²) < 4.78 is 0. The Morgan fingerprint density at radius 1 is 1.45 bits per heavy atom. The van der Waals surface area contributed by atoms with E-state index in [2.05, 4.69) is 15.3 Å². The average molecular weight is 286 g/mol. The summed E-state index contributed by atoms with van der Waals surface area (Å²) >= 11 is 1.59. The van der Waals surface area contributed by atoms with Crippen molar-refractivity contribution in [1.82, 2.24) is 15.3 Å². The number of nitrogens with two attached hydrogens (primary N) is 1. The number of fused-ring (bicyclic) bond motifs is 1. The quantitative estimate of drug-likeness (QED) is 0.643. The molecule has 2 heterocycles. The number of carbonyl (C=O) groups excluding carboxylic acids is 1. The average Bonchev–Trinajstić information content (AvgIpc) is 3.07. The van der Waals surface area contributed by atoms with Crippen LogP contribution in [0.25, 0.3) is 10.9 Å². The number of carbonyl (C=O) groups is 1. The van der Waals surface area contributed by atoms with Crippen LogP contribution >= 0.6 is 11.3 Å². The molecule has 0 radical (unpaired) electrons. The third-order valence-electron chi connectivity index (χ3n) is 3.06. The van der Waals surface area contributed by atoms with Crippen molar-refractivity contribution in [3.05, 3.63) is 46.5 Å². The molecule has 0 saturated heterocycles. The number of nitrogen functional groups attached to an aromatic ring is 1. The molecule has 6 heteroatoms. The number of amides is 1. The molecule has 0 unspecified atom stereocenters. The number of H-pyrrole nitrogens is 1. The molecule has 0 fully saturated rings. The van der Waals surface area contributed by atoms with E-state index in [1.807, 2.05) is 23.6 Å². The highest BCUT2D eigenvalue weighted by atomic mass is 32.1. The van der Waals surface area contributed by atoms with Crippen molar-refractivity contribution in [3.63, 3.8) is 0 Å². The fourth-order valence-electron chi connectivity index (χ4n) is 2.08. The maximum Gasteiger partial charge on any atom is 0.253 e. The van der Waals surface area contributed by atoms with Crippen LogP contribution in [0.1, 0.15) is 15.4 Å². The van der Waals surface area contributed by atoms with Crippen LogP contribution in [0.3, 0.4) is 0 Å². The Morgan fingerprint density at radius 3 is 3.15 bits per heavy atom. The van der Waals surface area contributed by atoms with Gasteiger partial charge in [0.1, 0.15) is 0 Å². The second-order valence-corrected chi connectivity index (χ2v) is 5.42. The second kappa shape index (κ2) is 5.34. The van der Waals surface area contributed by atoms with Crippen molar-refractivity contribution < 1.29 is 4.79 Å². The highest BCUT2D eigenvalue weighted by Crippen LogP contribution is 2.20. The van der Waals surface area contributed by atoms with Gasteiger partial charge in [-0.25, -0.2) is 4.98 Å². The van der Waals surface area contributed by atoms with Crippen molar-refractivity contribution in [3.8, 4) is 0 Å². The summed E-state index contributed by atoms with van der Waals surface area (Å²) in [5.74, 6) is -0.0987. The molecule has 3 rings (SSSR count). The van der Waals surface area contributed by atoms with E-state index < -0.39 is 0 Å². The smallest absolute Gasteiger partial charge is 0.253 e. The van der Waals surface area contributed by atoms with Crippen LogP contribution in [-0.4, -0.2) is 22.4 Å². The van der Waals surface area contributed by atoms with Gasteiger partial charge in [0.2, 0.25) is 0 Å². The fraction of sp³-hybridized carbons (Fsp3) is 0.143. The van der Waals surface area contributed by atoms with E-state index in [1.165, 1.54) is 0 Å². The molecular formula is C14H14N4OS. The zero-order chi connectivity index (χ0) is 13.9. The monoisotopic (exact) mass is 286 g/mol. The molecule has 0 aliphatic rings. The topological polar surface area (TPSA) is 83.8 Å². The van der Waals surface area contributed by atoms with Gasteiger partial charge in [0.05, 0.1) is 10.6 Å². The molecule has 102 valence electrons. The number of aromatic nitrogens is 2. The van der Waals surface area contributed by atoms with Crippen LogP contribution in [-0.2, 0) is 6.42 Å². The second-order valence-electron chi connectivity index (χ2n) is 4.44. The maximum absolute atomic E-state index is 12.2. The first-order valence-electron chi connectivity index (χ1n) is 6.27. The number of hydrogen-bond donors (Lipinski definition) is 3. The summed E-state index contributed by atoms with van der Waals surface area (Å²) in [4.78, 5) is 19.4. The Labute approximate surface area is 119 Å². The van der Waals surface area contributed by atoms with E-state index in [0.29, 0.717) is 17.8 Å². The summed E-state index contributed by atoms with van der Waals surface area (Å²) in [6.07, 6.45) is 4.22. The SMILES string of the molecule is Nc1ccc2[nH]cc(C(=O)NCCc3nccs3)c2c1. The molecule has 0 aliphatic heterocycles. The lowest BCUT2D eigenvalue weighted by atomic mass is 10.1. The van der Waals surface area contributed by atoms with Crippen LogP contribution < -0.4 is 11.1 Å². The van der Waals surface area contributed by atoms with Gasteiger partial charge in [-0.1, -0.05) is 0 Å². The van der Waals surface area contributed by atoms with Crippen LogP contribution in [0, 0.1) is 0 Å². The van der Waals surface area contributed by atoms with Gasteiger partial charge < -0.3 is 16.0 Å². The minimum atomic E-state index is -0.0987. The Bertz CT molecular complexity index is 733. The number of hydrogen-bond acceptors (Lipinski definition) is 4. The molecule has 0 aliphatic carbocycles. The first-order chi connectivity index (χ1) is 9.74. The molecule has 5 nitrogen and oxygen atoms in total. The maximum atomic E-state index is 12.2. The van der Waals surface area contributed by atoms with Crippen molar-refractivity contribution in [2.75, 3.05) is 12.3 Å². The third-order valence-corrected chi connectivity index (χ3v) is 3.90. The van der Waals surface area contributed by atoms with Crippen LogP contribution in [0.5, 0.6) is 0 Å². The third kappa shape index (κ3) is 2.50. The zero-order valence-electron chi connectivity index (χ0n) is 10.7. The molecule has 1 amide bonds. The number of rotatable bonds is 4. The summed E-state index contributed by atoms with van der Waals surface area (Å²) in [6, 6.07) is 5.49. The number of nitrogens with zero attached hydrogens (tertiary/aromatic N) is 1. The van der Waals surface area contributed by atoms with Crippen LogP contribution in [0.2, 0.25) is 0 Å². The molecule has 0 saturated carbocycles. The molecule has 4 N–H and O–H groups in total. The van der Waals surface area contributed by atoms with Gasteiger partial charge in [-0.15, -0.1) is 11.3 Å². The Kier molecular flexibility index (Phi) is 3.39. The molecule has 3 aromatic rings. The van der Waals surface area contributed by atoms with E-state index in [-0.39, 0.29) is 5.91 Å². The first-order valence-corrected chi connectivity index (χ1v) is 7.15. The Balaban J connectivity index is 1.70. The normalized spacial score (nSPS) is 10.8. The van der Waals surface area contributed by atoms with E-state index in [9.17, 15) is 4.79 Å². The predicted molar refractivity (Wildman–Crippen MR) is 80.9 cm³/mol. The lowest BCUT2D eigenvalue weighted by Gasteiger charge is -2.03. The van der Waals surface area contributed by atoms with Gasteiger partial charge >= 0.3 is 0 Å². The first kappa shape index (κ1) is 12.7. The van der Waals surface area contributed by atoms with Crippen molar-refractivity contribution in [1.29, 1.82) is 0 Å². The molecule has 0 atom stereocenters. The van der Waals surface area contributed by atoms with Crippen molar-refractivity contribution in [2.45, 2.75) is 6.42 Å².